The van der Waals surface area contributed by atoms with E-state index in [1.165, 1.54) is 18.4 Å². The number of likely N-dealkylation sites (tertiary alicyclic amines) is 1. The van der Waals surface area contributed by atoms with Crippen molar-refractivity contribution in [3.8, 4) is 0 Å². The largest absolute Gasteiger partial charge is 0.341 e. The summed E-state index contributed by atoms with van der Waals surface area (Å²) in [4.78, 5) is 23.2. The third-order valence-electron chi connectivity index (χ3n) is 6.34. The summed E-state index contributed by atoms with van der Waals surface area (Å²) in [6.07, 6.45) is 4.87. The number of aromatic nitrogens is 2. The lowest BCUT2D eigenvalue weighted by atomic mass is 9.90. The molecule has 6 heteroatoms. The van der Waals surface area contributed by atoms with Gasteiger partial charge in [-0.2, -0.15) is 0 Å². The van der Waals surface area contributed by atoms with E-state index >= 15 is 0 Å². The first-order valence-corrected chi connectivity index (χ1v) is 11.1. The standard InChI is InChI=1S/C24H29N5O/c30-24(19-5-3-17(4-6-19)18-9-11-25-12-10-18)26-20-7-8-21-22(15-20)28-23(27-21)16-29-13-1-2-14-29/h3-8,15,18,25H,1-2,9-14,16H2,(H,26,30)(H,27,28). The maximum Gasteiger partial charge on any atom is 0.255 e. The van der Waals surface area contributed by atoms with Crippen molar-refractivity contribution in [3.63, 3.8) is 0 Å². The fourth-order valence-corrected chi connectivity index (χ4v) is 4.63. The lowest BCUT2D eigenvalue weighted by molar-refractivity contribution is 0.102. The van der Waals surface area contributed by atoms with Crippen molar-refractivity contribution >= 4 is 22.6 Å². The Labute approximate surface area is 177 Å². The average Bonchev–Trinajstić information content (AvgIpc) is 3.44. The summed E-state index contributed by atoms with van der Waals surface area (Å²) in [5.41, 5.74) is 4.70. The lowest BCUT2D eigenvalue weighted by Crippen LogP contribution is -2.26. The van der Waals surface area contributed by atoms with Gasteiger partial charge in [-0.1, -0.05) is 12.1 Å². The zero-order chi connectivity index (χ0) is 20.3. The van der Waals surface area contributed by atoms with Gasteiger partial charge in [0, 0.05) is 11.3 Å². The molecule has 3 aromatic rings. The molecule has 0 unspecified atom stereocenters. The van der Waals surface area contributed by atoms with Gasteiger partial charge in [0.2, 0.25) is 0 Å². The predicted molar refractivity (Wildman–Crippen MR) is 120 cm³/mol. The van der Waals surface area contributed by atoms with Crippen molar-refractivity contribution in [1.82, 2.24) is 20.2 Å². The molecule has 0 saturated carbocycles. The Morgan fingerprint density at radius 1 is 1.07 bits per heavy atom. The second-order valence-electron chi connectivity index (χ2n) is 8.50. The molecule has 3 heterocycles. The van der Waals surface area contributed by atoms with E-state index in [1.54, 1.807) is 0 Å². The lowest BCUT2D eigenvalue weighted by Gasteiger charge is -2.23. The van der Waals surface area contributed by atoms with Crippen LogP contribution in [0.4, 0.5) is 5.69 Å². The van der Waals surface area contributed by atoms with Crippen molar-refractivity contribution in [2.24, 2.45) is 0 Å². The number of hydrogen-bond acceptors (Lipinski definition) is 4. The molecule has 2 aliphatic rings. The normalized spacial score (nSPS) is 18.1. The number of fused-ring (bicyclic) bond motifs is 1. The van der Waals surface area contributed by atoms with Crippen LogP contribution in [0.1, 0.15) is 53.3 Å². The van der Waals surface area contributed by atoms with E-state index in [0.717, 1.165) is 68.1 Å². The van der Waals surface area contributed by atoms with Gasteiger partial charge in [0.25, 0.3) is 5.91 Å². The highest BCUT2D eigenvalue weighted by molar-refractivity contribution is 6.05. The summed E-state index contributed by atoms with van der Waals surface area (Å²) in [6, 6.07) is 13.9. The summed E-state index contributed by atoms with van der Waals surface area (Å²) in [5, 5.41) is 6.42. The van der Waals surface area contributed by atoms with Crippen molar-refractivity contribution in [1.29, 1.82) is 0 Å². The maximum atomic E-state index is 12.7. The second kappa shape index (κ2) is 8.58. The summed E-state index contributed by atoms with van der Waals surface area (Å²) < 4.78 is 0. The van der Waals surface area contributed by atoms with E-state index in [4.69, 9.17) is 4.98 Å². The monoisotopic (exact) mass is 403 g/mol. The smallest absolute Gasteiger partial charge is 0.255 e. The third kappa shape index (κ3) is 4.25. The van der Waals surface area contributed by atoms with Crippen molar-refractivity contribution in [2.45, 2.75) is 38.1 Å². The topological polar surface area (TPSA) is 73.0 Å². The van der Waals surface area contributed by atoms with Crippen LogP contribution in [0.5, 0.6) is 0 Å². The Hall–Kier alpha value is -2.70. The van der Waals surface area contributed by atoms with Gasteiger partial charge >= 0.3 is 0 Å². The molecule has 0 bridgehead atoms. The number of amides is 1. The molecule has 2 aromatic carbocycles. The number of piperidine rings is 1. The minimum absolute atomic E-state index is 0.0805. The fraction of sp³-hybridized carbons (Fsp3) is 0.417. The zero-order valence-electron chi connectivity index (χ0n) is 17.3. The van der Waals surface area contributed by atoms with Crippen LogP contribution in [0.25, 0.3) is 11.0 Å². The predicted octanol–water partition coefficient (Wildman–Crippen LogP) is 3.88. The molecule has 2 saturated heterocycles. The zero-order valence-corrected chi connectivity index (χ0v) is 17.3. The number of nitrogens with one attached hydrogen (secondary N) is 3. The SMILES string of the molecule is O=C(Nc1ccc2nc(CN3CCCC3)[nH]c2c1)c1ccc(C2CCNCC2)cc1. The minimum Gasteiger partial charge on any atom is -0.341 e. The Kier molecular flexibility index (Phi) is 5.51. The van der Waals surface area contributed by atoms with Crippen LogP contribution in [0.3, 0.4) is 0 Å². The Morgan fingerprint density at radius 3 is 2.60 bits per heavy atom. The molecular weight excluding hydrogens is 374 g/mol. The summed E-state index contributed by atoms with van der Waals surface area (Å²) in [7, 11) is 0. The first-order chi connectivity index (χ1) is 14.7. The number of hydrogen-bond donors (Lipinski definition) is 3. The molecular formula is C24H29N5O. The Bertz CT molecular complexity index is 1010. The fourth-order valence-electron chi connectivity index (χ4n) is 4.63. The van der Waals surface area contributed by atoms with Gasteiger partial charge in [0.1, 0.15) is 5.82 Å². The number of rotatable bonds is 5. The van der Waals surface area contributed by atoms with E-state index < -0.39 is 0 Å². The number of benzene rings is 2. The van der Waals surface area contributed by atoms with Gasteiger partial charge in [-0.25, -0.2) is 4.98 Å². The molecule has 6 nitrogen and oxygen atoms in total. The number of anilines is 1. The quantitative estimate of drug-likeness (QED) is 0.605. The molecule has 1 aromatic heterocycles. The van der Waals surface area contributed by atoms with Crippen molar-refractivity contribution in [3.05, 3.63) is 59.4 Å². The number of aromatic amines is 1. The molecule has 2 fully saturated rings. The molecule has 30 heavy (non-hydrogen) atoms. The highest BCUT2D eigenvalue weighted by Gasteiger charge is 2.16. The van der Waals surface area contributed by atoms with E-state index in [0.29, 0.717) is 11.5 Å². The first kappa shape index (κ1) is 19.3. The van der Waals surface area contributed by atoms with Gasteiger partial charge in [0.05, 0.1) is 17.6 Å². The molecule has 0 atom stereocenters. The van der Waals surface area contributed by atoms with E-state index in [-0.39, 0.29) is 5.91 Å². The second-order valence-corrected chi connectivity index (χ2v) is 8.50. The molecule has 1 amide bonds. The molecule has 5 rings (SSSR count). The highest BCUT2D eigenvalue weighted by Crippen LogP contribution is 2.25. The Morgan fingerprint density at radius 2 is 1.83 bits per heavy atom. The van der Waals surface area contributed by atoms with Gasteiger partial charge in [-0.3, -0.25) is 9.69 Å². The van der Waals surface area contributed by atoms with E-state index in [1.807, 2.05) is 30.3 Å². The van der Waals surface area contributed by atoms with Gasteiger partial charge < -0.3 is 15.6 Å². The van der Waals surface area contributed by atoms with Crippen LogP contribution in [0.2, 0.25) is 0 Å². The van der Waals surface area contributed by atoms with E-state index in [2.05, 4.69) is 32.7 Å². The van der Waals surface area contributed by atoms with Crippen LogP contribution in [-0.4, -0.2) is 47.0 Å². The Balaban J connectivity index is 1.25. The number of nitrogens with zero attached hydrogens (tertiary/aromatic N) is 2. The highest BCUT2D eigenvalue weighted by atomic mass is 16.1. The molecule has 0 aliphatic carbocycles. The number of H-pyrrole nitrogens is 1. The number of imidazole rings is 1. The number of carbonyl (C=O) groups is 1. The first-order valence-electron chi connectivity index (χ1n) is 11.1. The average molecular weight is 404 g/mol. The molecule has 0 radical (unpaired) electrons. The van der Waals surface area contributed by atoms with E-state index in [9.17, 15) is 4.79 Å². The number of carbonyl (C=O) groups excluding carboxylic acids is 1. The summed E-state index contributed by atoms with van der Waals surface area (Å²) >= 11 is 0. The molecule has 3 N–H and O–H groups in total. The van der Waals surface area contributed by atoms with Crippen LogP contribution in [0, 0.1) is 0 Å². The van der Waals surface area contributed by atoms with Crippen LogP contribution >= 0.6 is 0 Å². The van der Waals surface area contributed by atoms with Crippen molar-refractivity contribution < 1.29 is 4.79 Å². The van der Waals surface area contributed by atoms with Crippen molar-refractivity contribution in [2.75, 3.05) is 31.5 Å². The molecule has 2 aliphatic heterocycles. The van der Waals surface area contributed by atoms with Crippen LogP contribution in [0.15, 0.2) is 42.5 Å². The maximum absolute atomic E-state index is 12.7. The van der Waals surface area contributed by atoms with Gasteiger partial charge in [-0.05, 0) is 93.7 Å². The third-order valence-corrected chi connectivity index (χ3v) is 6.34. The van der Waals surface area contributed by atoms with Gasteiger partial charge in [-0.15, -0.1) is 0 Å². The molecule has 0 spiro atoms. The minimum atomic E-state index is -0.0805. The summed E-state index contributed by atoms with van der Waals surface area (Å²) in [5.74, 6) is 1.51. The molecule has 156 valence electrons. The summed E-state index contributed by atoms with van der Waals surface area (Å²) in [6.45, 7) is 5.30. The van der Waals surface area contributed by atoms with Crippen LogP contribution < -0.4 is 10.6 Å². The van der Waals surface area contributed by atoms with Gasteiger partial charge in [0.15, 0.2) is 0 Å². The van der Waals surface area contributed by atoms with Crippen LogP contribution in [-0.2, 0) is 6.54 Å².